The van der Waals surface area contributed by atoms with E-state index in [-0.39, 0.29) is 0 Å². The summed E-state index contributed by atoms with van der Waals surface area (Å²) in [5, 5.41) is 16.3. The number of hydrogen-bond acceptors (Lipinski definition) is 7. The molecule has 2 aromatic heterocycles. The van der Waals surface area contributed by atoms with E-state index in [0.717, 1.165) is 10.2 Å². The molecule has 0 radical (unpaired) electrons. The van der Waals surface area contributed by atoms with E-state index in [4.69, 9.17) is 5.84 Å². The molecular formula is C12H19N5OS. The lowest BCUT2D eigenvalue weighted by atomic mass is 9.86. The third-order valence-corrected chi connectivity index (χ3v) is 4.22. The van der Waals surface area contributed by atoms with Crippen molar-refractivity contribution >= 4 is 33.3 Å². The van der Waals surface area contributed by atoms with Gasteiger partial charge in [0.25, 0.3) is 0 Å². The number of rotatable bonds is 4. The third kappa shape index (κ3) is 2.63. The van der Waals surface area contributed by atoms with Crippen LogP contribution in [0.4, 0.5) is 11.8 Å². The van der Waals surface area contributed by atoms with Crippen molar-refractivity contribution in [2.75, 3.05) is 10.7 Å². The lowest BCUT2D eigenvalue weighted by Gasteiger charge is -2.38. The van der Waals surface area contributed by atoms with Crippen LogP contribution in [0.25, 0.3) is 10.2 Å². The number of nitrogen functional groups attached to an aromatic ring is 1. The Balaban J connectivity index is 2.47. The van der Waals surface area contributed by atoms with E-state index in [1.807, 2.05) is 25.3 Å². The van der Waals surface area contributed by atoms with Gasteiger partial charge in [0.1, 0.15) is 10.6 Å². The highest BCUT2D eigenvalue weighted by Crippen LogP contribution is 2.31. The van der Waals surface area contributed by atoms with Gasteiger partial charge in [0, 0.05) is 0 Å². The summed E-state index contributed by atoms with van der Waals surface area (Å²) < 4.78 is 0. The van der Waals surface area contributed by atoms with Crippen LogP contribution in [0.1, 0.15) is 27.7 Å². The van der Waals surface area contributed by atoms with Gasteiger partial charge in [0.05, 0.1) is 16.5 Å². The molecule has 0 aromatic carbocycles. The van der Waals surface area contributed by atoms with Gasteiger partial charge in [-0.1, -0.05) is 0 Å². The number of anilines is 2. The minimum absolute atomic E-state index is 0.351. The monoisotopic (exact) mass is 281 g/mol. The van der Waals surface area contributed by atoms with E-state index in [0.29, 0.717) is 11.8 Å². The first-order valence-electron chi connectivity index (χ1n) is 5.97. The fraction of sp³-hybridized carbons (Fsp3) is 0.500. The predicted molar refractivity (Wildman–Crippen MR) is 79.2 cm³/mol. The molecule has 2 heterocycles. The zero-order valence-corrected chi connectivity index (χ0v) is 12.3. The summed E-state index contributed by atoms with van der Waals surface area (Å²) >= 11 is 1.52. The molecule has 0 atom stereocenters. The van der Waals surface area contributed by atoms with Crippen LogP contribution in [0, 0.1) is 0 Å². The van der Waals surface area contributed by atoms with Crippen molar-refractivity contribution < 1.29 is 5.11 Å². The standard InChI is InChI=1S/C12H19N5OS/c1-11(2,12(3,4)18)16-8-7-5-6-19-9(7)15-10(14-8)17-13/h5-6,18H,13H2,1-4H3,(H2,14,15,16,17). The van der Waals surface area contributed by atoms with E-state index >= 15 is 0 Å². The van der Waals surface area contributed by atoms with Gasteiger partial charge < -0.3 is 10.4 Å². The van der Waals surface area contributed by atoms with Crippen molar-refractivity contribution in [1.29, 1.82) is 0 Å². The lowest BCUT2D eigenvalue weighted by Crippen LogP contribution is -2.51. The Bertz CT molecular complexity index is 587. The quantitative estimate of drug-likeness (QED) is 0.505. The highest BCUT2D eigenvalue weighted by molar-refractivity contribution is 7.16. The van der Waals surface area contributed by atoms with Gasteiger partial charge in [-0.2, -0.15) is 4.98 Å². The van der Waals surface area contributed by atoms with Gasteiger partial charge in [0.15, 0.2) is 0 Å². The summed E-state index contributed by atoms with van der Waals surface area (Å²) in [5.41, 5.74) is 0.996. The number of thiophene rings is 1. The van der Waals surface area contributed by atoms with E-state index in [2.05, 4.69) is 20.7 Å². The molecule has 0 bridgehead atoms. The Morgan fingerprint density at radius 2 is 1.95 bits per heavy atom. The van der Waals surface area contributed by atoms with E-state index in [1.54, 1.807) is 13.8 Å². The fourth-order valence-electron chi connectivity index (χ4n) is 1.46. The van der Waals surface area contributed by atoms with Gasteiger partial charge in [-0.15, -0.1) is 11.3 Å². The first-order valence-corrected chi connectivity index (χ1v) is 6.85. The van der Waals surface area contributed by atoms with Gasteiger partial charge >= 0.3 is 0 Å². The SMILES string of the molecule is CC(C)(O)C(C)(C)Nc1nc(NN)nc2sccc12. The Labute approximate surface area is 116 Å². The number of hydrazine groups is 1. The number of aromatic nitrogens is 2. The maximum absolute atomic E-state index is 10.2. The Hall–Kier alpha value is -1.44. The molecule has 104 valence electrons. The number of hydrogen-bond donors (Lipinski definition) is 4. The Kier molecular flexibility index (Phi) is 3.38. The number of fused-ring (bicyclic) bond motifs is 1. The number of aliphatic hydroxyl groups is 1. The normalized spacial score (nSPS) is 12.7. The van der Waals surface area contributed by atoms with Gasteiger partial charge in [-0.3, -0.25) is 5.43 Å². The molecule has 0 fully saturated rings. The average Bonchev–Trinajstić information content (AvgIpc) is 2.75. The van der Waals surface area contributed by atoms with Crippen molar-refractivity contribution in [3.63, 3.8) is 0 Å². The molecule has 0 aliphatic carbocycles. The van der Waals surface area contributed by atoms with Crippen LogP contribution < -0.4 is 16.6 Å². The first kappa shape index (κ1) is 14.0. The summed E-state index contributed by atoms with van der Waals surface area (Å²) in [6, 6.07) is 1.95. The van der Waals surface area contributed by atoms with Crippen LogP contribution in [0.2, 0.25) is 0 Å². The molecule has 0 aliphatic rings. The molecule has 0 saturated heterocycles. The molecule has 6 nitrogen and oxygen atoms in total. The molecule has 0 amide bonds. The zero-order valence-electron chi connectivity index (χ0n) is 11.5. The zero-order chi connectivity index (χ0) is 14.3. The van der Waals surface area contributed by atoms with Crippen molar-refractivity contribution in [2.45, 2.75) is 38.8 Å². The second-order valence-electron chi connectivity index (χ2n) is 5.49. The van der Waals surface area contributed by atoms with E-state index < -0.39 is 11.1 Å². The van der Waals surface area contributed by atoms with Gasteiger partial charge in [-0.05, 0) is 39.1 Å². The van der Waals surface area contributed by atoms with Crippen LogP contribution in [-0.2, 0) is 0 Å². The molecular weight excluding hydrogens is 262 g/mol. The highest BCUT2D eigenvalue weighted by Gasteiger charge is 2.35. The lowest BCUT2D eigenvalue weighted by molar-refractivity contribution is 0.0239. The summed E-state index contributed by atoms with van der Waals surface area (Å²) in [7, 11) is 0. The third-order valence-electron chi connectivity index (χ3n) is 3.41. The molecule has 2 rings (SSSR count). The van der Waals surface area contributed by atoms with Crippen molar-refractivity contribution in [1.82, 2.24) is 9.97 Å². The van der Waals surface area contributed by atoms with Crippen molar-refractivity contribution in [3.05, 3.63) is 11.4 Å². The number of nitrogens with two attached hydrogens (primary N) is 1. The smallest absolute Gasteiger partial charge is 0.240 e. The maximum atomic E-state index is 10.2. The highest BCUT2D eigenvalue weighted by atomic mass is 32.1. The summed E-state index contributed by atoms with van der Waals surface area (Å²) in [6.45, 7) is 7.36. The second kappa shape index (κ2) is 4.59. The minimum atomic E-state index is -0.906. The Morgan fingerprint density at radius 1 is 1.26 bits per heavy atom. The Morgan fingerprint density at radius 3 is 2.53 bits per heavy atom. The van der Waals surface area contributed by atoms with Crippen LogP contribution in [-0.4, -0.2) is 26.2 Å². The summed E-state index contributed by atoms with van der Waals surface area (Å²) in [6.07, 6.45) is 0. The minimum Gasteiger partial charge on any atom is -0.388 e. The van der Waals surface area contributed by atoms with E-state index in [9.17, 15) is 5.11 Å². The van der Waals surface area contributed by atoms with Crippen LogP contribution in [0.15, 0.2) is 11.4 Å². The predicted octanol–water partition coefficient (Wildman–Crippen LogP) is 1.94. The van der Waals surface area contributed by atoms with Gasteiger partial charge in [-0.25, -0.2) is 10.8 Å². The first-order chi connectivity index (χ1) is 8.74. The summed E-state index contributed by atoms with van der Waals surface area (Å²) in [5.74, 6) is 6.39. The molecule has 0 spiro atoms. The second-order valence-corrected chi connectivity index (χ2v) is 6.38. The van der Waals surface area contributed by atoms with Crippen molar-refractivity contribution in [2.24, 2.45) is 5.84 Å². The average molecular weight is 281 g/mol. The van der Waals surface area contributed by atoms with E-state index in [1.165, 1.54) is 11.3 Å². The topological polar surface area (TPSA) is 96.1 Å². The molecule has 19 heavy (non-hydrogen) atoms. The fourth-order valence-corrected chi connectivity index (χ4v) is 2.23. The maximum Gasteiger partial charge on any atom is 0.240 e. The molecule has 2 aromatic rings. The number of nitrogens with one attached hydrogen (secondary N) is 2. The molecule has 0 saturated carbocycles. The molecule has 0 aliphatic heterocycles. The largest absolute Gasteiger partial charge is 0.388 e. The molecule has 5 N–H and O–H groups in total. The molecule has 0 unspecified atom stereocenters. The summed E-state index contributed by atoms with van der Waals surface area (Å²) in [4.78, 5) is 9.45. The van der Waals surface area contributed by atoms with Crippen LogP contribution in [0.3, 0.4) is 0 Å². The van der Waals surface area contributed by atoms with Gasteiger partial charge in [0.2, 0.25) is 5.95 Å². The molecule has 7 heteroatoms. The van der Waals surface area contributed by atoms with Crippen LogP contribution >= 0.6 is 11.3 Å². The van der Waals surface area contributed by atoms with Crippen LogP contribution in [0.5, 0.6) is 0 Å². The number of nitrogens with zero attached hydrogens (tertiary/aromatic N) is 2. The van der Waals surface area contributed by atoms with Crippen molar-refractivity contribution in [3.8, 4) is 0 Å².